The Morgan fingerprint density at radius 3 is 2.33 bits per heavy atom. The van der Waals surface area contributed by atoms with Crippen LogP contribution in [0.4, 0.5) is 4.39 Å². The van der Waals surface area contributed by atoms with Gasteiger partial charge >= 0.3 is 135 Å². The van der Waals surface area contributed by atoms with Crippen molar-refractivity contribution in [3.8, 4) is 33.6 Å². The van der Waals surface area contributed by atoms with E-state index >= 15 is 0 Å². The van der Waals surface area contributed by atoms with Gasteiger partial charge in [0.25, 0.3) is 0 Å². The summed E-state index contributed by atoms with van der Waals surface area (Å²) in [6.07, 6.45) is 3.82. The molecule has 7 rings (SSSR count). The molecule has 0 spiro atoms. The van der Waals surface area contributed by atoms with E-state index in [9.17, 15) is 4.39 Å². The Kier molecular flexibility index (Phi) is 10.2. The van der Waals surface area contributed by atoms with Crippen LogP contribution in [0.15, 0.2) is 116 Å². The summed E-state index contributed by atoms with van der Waals surface area (Å²) in [5, 5.41) is 1.55. The zero-order valence-electron chi connectivity index (χ0n) is 27.5. The molecule has 0 aliphatic carbocycles. The Hall–Kier alpha value is -3.48. The molecular formula is C40H35FGeIrN2S-2. The fraction of sp³-hybridized carbons (Fsp3) is 0.150. The van der Waals surface area contributed by atoms with Crippen LogP contribution in [0.3, 0.4) is 0 Å². The third-order valence-corrected chi connectivity index (χ3v) is 13.2. The molecule has 0 saturated carbocycles. The van der Waals surface area contributed by atoms with Crippen LogP contribution in [0.25, 0.3) is 53.8 Å². The van der Waals surface area contributed by atoms with E-state index in [0.29, 0.717) is 5.39 Å². The molecule has 46 heavy (non-hydrogen) atoms. The first-order valence-corrected chi connectivity index (χ1v) is 23.2. The van der Waals surface area contributed by atoms with Crippen molar-refractivity contribution >= 4 is 49.2 Å². The van der Waals surface area contributed by atoms with Crippen molar-refractivity contribution in [2.45, 2.75) is 37.0 Å². The van der Waals surface area contributed by atoms with Crippen molar-refractivity contribution in [3.63, 3.8) is 0 Å². The van der Waals surface area contributed by atoms with Gasteiger partial charge in [0.2, 0.25) is 0 Å². The summed E-state index contributed by atoms with van der Waals surface area (Å²) < 4.78 is 25.8. The molecule has 0 N–H and O–H groups in total. The predicted octanol–water partition coefficient (Wildman–Crippen LogP) is 10.9. The second kappa shape index (κ2) is 14.5. The van der Waals surface area contributed by atoms with E-state index in [1.807, 2.05) is 62.4 Å². The normalized spacial score (nSPS) is 11.8. The molecule has 0 bridgehead atoms. The van der Waals surface area contributed by atoms with Gasteiger partial charge in [0.15, 0.2) is 0 Å². The van der Waals surface area contributed by atoms with Gasteiger partial charge in [0.1, 0.15) is 5.82 Å². The van der Waals surface area contributed by atoms with Gasteiger partial charge in [-0.25, -0.2) is 4.39 Å². The van der Waals surface area contributed by atoms with Gasteiger partial charge < -0.3 is 4.98 Å². The fourth-order valence-corrected chi connectivity index (χ4v) is 9.75. The van der Waals surface area contributed by atoms with Gasteiger partial charge in [0, 0.05) is 37.8 Å². The first-order valence-electron chi connectivity index (χ1n) is 15.5. The molecule has 0 atom stereocenters. The van der Waals surface area contributed by atoms with E-state index in [4.69, 9.17) is 6.35 Å². The molecular weight excluding hydrogens is 824 g/mol. The summed E-state index contributed by atoms with van der Waals surface area (Å²) in [5.41, 5.74) is 7.17. The van der Waals surface area contributed by atoms with Crippen LogP contribution in [0.2, 0.25) is 17.3 Å². The van der Waals surface area contributed by atoms with Crippen LogP contribution in [0.5, 0.6) is 0 Å². The first kappa shape index (κ1) is 32.5. The van der Waals surface area contributed by atoms with Crippen LogP contribution in [0.1, 0.15) is 26.7 Å². The number of halogens is 1. The molecule has 0 amide bonds. The van der Waals surface area contributed by atoms with E-state index in [2.05, 4.69) is 83.0 Å². The Morgan fingerprint density at radius 1 is 0.826 bits per heavy atom. The molecule has 4 aromatic carbocycles. The third kappa shape index (κ3) is 7.24. The topological polar surface area (TPSA) is 25.8 Å². The summed E-state index contributed by atoms with van der Waals surface area (Å²) >= 11 is -0.433. The Balaban J connectivity index is 0.000000181. The molecule has 3 heterocycles. The maximum Gasteiger partial charge on any atom is 0 e. The molecule has 0 saturated heterocycles. The number of hydrogen-bond acceptors (Lipinski definition) is 3. The average Bonchev–Trinajstić information content (AvgIpc) is 3.45. The molecule has 0 unspecified atom stereocenters. The molecule has 6 heteroatoms. The minimum Gasteiger partial charge on any atom is 0 e. The third-order valence-electron chi connectivity index (χ3n) is 7.78. The molecule has 0 aliphatic rings. The van der Waals surface area contributed by atoms with E-state index in [0.717, 1.165) is 42.9 Å². The SMILES string of the molecule is [2H]C(C)(C)c1ccnc(-c2[c-]ccc3c2sc2cccc(F)c23)c1.[CH3][Ge]([CH3])([CH3])[c]1cnc(-c2[c-]cccc2)cc1-c1ccccc1.[Ir]. The minimum absolute atomic E-state index is 0. The van der Waals surface area contributed by atoms with Crippen LogP contribution >= 0.6 is 11.3 Å². The zero-order chi connectivity index (χ0) is 32.5. The Morgan fingerprint density at radius 2 is 1.61 bits per heavy atom. The molecule has 0 fully saturated rings. The second-order valence-electron chi connectivity index (χ2n) is 12.2. The van der Waals surface area contributed by atoms with Crippen molar-refractivity contribution in [3.05, 3.63) is 139 Å². The van der Waals surface area contributed by atoms with E-state index in [-0.39, 0.29) is 25.9 Å². The number of thiophene rings is 1. The number of aromatic nitrogens is 2. The van der Waals surface area contributed by atoms with Gasteiger partial charge in [-0.2, -0.15) is 11.3 Å². The summed E-state index contributed by atoms with van der Waals surface area (Å²) in [4.78, 5) is 9.18. The number of nitrogens with zero attached hydrogens (tertiary/aromatic N) is 2. The number of fused-ring (bicyclic) bond motifs is 3. The van der Waals surface area contributed by atoms with Crippen LogP contribution < -0.4 is 4.40 Å². The maximum absolute atomic E-state index is 14.3. The van der Waals surface area contributed by atoms with Crippen LogP contribution in [-0.2, 0) is 20.1 Å². The van der Waals surface area contributed by atoms with Gasteiger partial charge in [0.05, 0.1) is 0 Å². The summed E-state index contributed by atoms with van der Waals surface area (Å²) in [5.74, 6) is 6.34. The van der Waals surface area contributed by atoms with Crippen molar-refractivity contribution in [1.82, 2.24) is 9.97 Å². The predicted molar refractivity (Wildman–Crippen MR) is 192 cm³/mol. The average molecular weight is 861 g/mol. The largest absolute Gasteiger partial charge is 0 e. The zero-order valence-corrected chi connectivity index (χ0v) is 31.8. The molecule has 7 aromatic rings. The van der Waals surface area contributed by atoms with E-state index in [1.165, 1.54) is 21.6 Å². The van der Waals surface area contributed by atoms with E-state index in [1.54, 1.807) is 23.6 Å². The number of rotatable bonds is 5. The minimum atomic E-state index is -1.99. The first-order chi connectivity index (χ1) is 22.0. The smallest absolute Gasteiger partial charge is 0 e. The van der Waals surface area contributed by atoms with Crippen LogP contribution in [-0.4, -0.2) is 23.2 Å². The monoisotopic (exact) mass is 862 g/mol. The second-order valence-corrected chi connectivity index (χ2v) is 23.9. The van der Waals surface area contributed by atoms with Gasteiger partial charge in [-0.05, 0) is 34.5 Å². The molecule has 0 aliphatic heterocycles. The summed E-state index contributed by atoms with van der Waals surface area (Å²) in [6.45, 7) is 3.70. The van der Waals surface area contributed by atoms with Gasteiger partial charge in [-0.15, -0.1) is 23.8 Å². The standard InChI is InChI=1S/C20H15FNS.C20H20GeN.Ir/c1-12(2)13-9-10-22-17(11-13)14-5-3-6-15-19-16(21)7-4-8-18(19)23-20(14)15;1-21(2,3)19-15-22-20(17-12-8-5-9-13-17)14-18(19)16-10-6-4-7-11-16;/h3-4,6-12H,1-2H3;4-12,14-15H,1-3H3;/q2*-1;/i12D;;. The Bertz CT molecular complexity index is 2140. The van der Waals surface area contributed by atoms with Crippen LogP contribution in [0, 0.1) is 17.9 Å². The molecule has 233 valence electrons. The number of hydrogen-bond donors (Lipinski definition) is 0. The van der Waals surface area contributed by atoms with Crippen molar-refractivity contribution in [1.29, 1.82) is 0 Å². The van der Waals surface area contributed by atoms with Gasteiger partial charge in [-0.3, -0.25) is 0 Å². The quantitative estimate of drug-likeness (QED) is 0.127. The summed E-state index contributed by atoms with van der Waals surface area (Å²) in [6, 6.07) is 40.1. The van der Waals surface area contributed by atoms with Gasteiger partial charge in [-0.1, -0.05) is 36.9 Å². The maximum atomic E-state index is 14.3. The number of pyridine rings is 2. The van der Waals surface area contributed by atoms with Crippen molar-refractivity contribution in [2.24, 2.45) is 0 Å². The fourth-order valence-electron chi connectivity index (χ4n) is 5.43. The summed E-state index contributed by atoms with van der Waals surface area (Å²) in [7, 11) is 0. The molecule has 3 aromatic heterocycles. The Labute approximate surface area is 292 Å². The number of benzene rings is 4. The molecule has 1 radical (unpaired) electrons. The molecule has 2 nitrogen and oxygen atoms in total. The van der Waals surface area contributed by atoms with Crippen molar-refractivity contribution < 1.29 is 25.9 Å². The van der Waals surface area contributed by atoms with Crippen molar-refractivity contribution in [2.75, 3.05) is 0 Å². The van der Waals surface area contributed by atoms with E-state index < -0.39 is 19.2 Å².